The Morgan fingerprint density at radius 1 is 0.792 bits per heavy atom. The molecule has 0 saturated heterocycles. The molecule has 0 saturated carbocycles. The second-order valence-corrected chi connectivity index (χ2v) is 5.80. The van der Waals surface area contributed by atoms with Gasteiger partial charge in [0.25, 0.3) is 0 Å². The SMILES string of the molecule is Clc1ccc(Oc2cccc(C=NNc3ccccc3)c2)cc1Cl. The number of para-hydroxylation sites is 1. The number of rotatable bonds is 5. The van der Waals surface area contributed by atoms with Crippen LogP contribution in [-0.2, 0) is 0 Å². The molecule has 120 valence electrons. The summed E-state index contributed by atoms with van der Waals surface area (Å²) in [6, 6.07) is 22.5. The molecule has 1 N–H and O–H groups in total. The van der Waals surface area contributed by atoms with Crippen molar-refractivity contribution >= 4 is 35.1 Å². The second-order valence-electron chi connectivity index (χ2n) is 4.99. The first-order valence-electron chi connectivity index (χ1n) is 7.28. The molecule has 0 bridgehead atoms. The van der Waals surface area contributed by atoms with Crippen molar-refractivity contribution in [2.45, 2.75) is 0 Å². The van der Waals surface area contributed by atoms with Crippen LogP contribution >= 0.6 is 23.2 Å². The minimum absolute atomic E-state index is 0.457. The molecule has 0 unspecified atom stereocenters. The van der Waals surface area contributed by atoms with E-state index in [1.807, 2.05) is 54.6 Å². The van der Waals surface area contributed by atoms with Gasteiger partial charge < -0.3 is 4.74 Å². The van der Waals surface area contributed by atoms with Gasteiger partial charge in [-0.1, -0.05) is 53.5 Å². The molecule has 3 rings (SSSR count). The van der Waals surface area contributed by atoms with Gasteiger partial charge in [-0.25, -0.2) is 0 Å². The first-order chi connectivity index (χ1) is 11.7. The Morgan fingerprint density at radius 3 is 2.38 bits per heavy atom. The number of hydrogen-bond donors (Lipinski definition) is 1. The molecule has 3 aromatic rings. The van der Waals surface area contributed by atoms with Gasteiger partial charge >= 0.3 is 0 Å². The zero-order valence-electron chi connectivity index (χ0n) is 12.6. The van der Waals surface area contributed by atoms with Crippen molar-refractivity contribution in [2.24, 2.45) is 5.10 Å². The van der Waals surface area contributed by atoms with Crippen molar-refractivity contribution in [2.75, 3.05) is 5.43 Å². The Hall–Kier alpha value is -2.49. The van der Waals surface area contributed by atoms with E-state index in [1.54, 1.807) is 24.4 Å². The van der Waals surface area contributed by atoms with Gasteiger partial charge in [0.1, 0.15) is 11.5 Å². The van der Waals surface area contributed by atoms with Gasteiger partial charge in [0.05, 0.1) is 21.9 Å². The van der Waals surface area contributed by atoms with Crippen molar-refractivity contribution in [1.82, 2.24) is 0 Å². The van der Waals surface area contributed by atoms with Crippen molar-refractivity contribution in [1.29, 1.82) is 0 Å². The Bertz CT molecular complexity index is 851. The van der Waals surface area contributed by atoms with E-state index >= 15 is 0 Å². The van der Waals surface area contributed by atoms with E-state index in [4.69, 9.17) is 27.9 Å². The highest BCUT2D eigenvalue weighted by molar-refractivity contribution is 6.42. The van der Waals surface area contributed by atoms with Crippen molar-refractivity contribution in [3.63, 3.8) is 0 Å². The lowest BCUT2D eigenvalue weighted by Crippen LogP contribution is -1.91. The number of anilines is 1. The minimum atomic E-state index is 0.457. The van der Waals surface area contributed by atoms with Crippen molar-refractivity contribution in [3.05, 3.63) is 88.4 Å². The third-order valence-electron chi connectivity index (χ3n) is 3.17. The molecule has 0 amide bonds. The first kappa shape index (κ1) is 16.4. The zero-order valence-corrected chi connectivity index (χ0v) is 14.1. The van der Waals surface area contributed by atoms with E-state index in [0.717, 1.165) is 11.3 Å². The Balaban J connectivity index is 1.68. The summed E-state index contributed by atoms with van der Waals surface area (Å²) >= 11 is 11.9. The second kappa shape index (κ2) is 7.86. The van der Waals surface area contributed by atoms with E-state index in [9.17, 15) is 0 Å². The lowest BCUT2D eigenvalue weighted by Gasteiger charge is -2.07. The summed E-state index contributed by atoms with van der Waals surface area (Å²) in [6.07, 6.45) is 1.73. The molecule has 0 spiro atoms. The molecule has 24 heavy (non-hydrogen) atoms. The number of nitrogens with zero attached hydrogens (tertiary/aromatic N) is 1. The van der Waals surface area contributed by atoms with Gasteiger partial charge in [-0.2, -0.15) is 5.10 Å². The third kappa shape index (κ3) is 4.51. The molecule has 3 aromatic carbocycles. The Labute approximate surface area is 150 Å². The molecular weight excluding hydrogens is 343 g/mol. The molecule has 0 aromatic heterocycles. The van der Waals surface area contributed by atoms with Crippen LogP contribution in [0.15, 0.2) is 77.9 Å². The summed E-state index contributed by atoms with van der Waals surface area (Å²) in [6.45, 7) is 0. The molecule has 5 heteroatoms. The molecule has 0 fully saturated rings. The molecule has 0 aliphatic carbocycles. The predicted octanol–water partition coefficient (Wildman–Crippen LogP) is 6.23. The number of halogens is 2. The fourth-order valence-electron chi connectivity index (χ4n) is 2.03. The summed E-state index contributed by atoms with van der Waals surface area (Å²) in [5.74, 6) is 1.32. The summed E-state index contributed by atoms with van der Waals surface area (Å²) in [7, 11) is 0. The van der Waals surface area contributed by atoms with E-state index in [0.29, 0.717) is 21.5 Å². The van der Waals surface area contributed by atoms with Gasteiger partial charge in [-0.3, -0.25) is 5.43 Å². The lowest BCUT2D eigenvalue weighted by molar-refractivity contribution is 0.482. The quantitative estimate of drug-likeness (QED) is 0.434. The predicted molar refractivity (Wildman–Crippen MR) is 101 cm³/mol. The maximum Gasteiger partial charge on any atom is 0.129 e. The van der Waals surface area contributed by atoms with E-state index in [-0.39, 0.29) is 0 Å². The number of nitrogens with one attached hydrogen (secondary N) is 1. The van der Waals surface area contributed by atoms with Crippen LogP contribution in [0.4, 0.5) is 5.69 Å². The Kier molecular flexibility index (Phi) is 5.36. The van der Waals surface area contributed by atoms with Crippen LogP contribution in [0.25, 0.3) is 0 Å². The maximum atomic E-state index is 6.00. The van der Waals surface area contributed by atoms with Gasteiger partial charge in [0, 0.05) is 6.07 Å². The molecule has 0 atom stereocenters. The van der Waals surface area contributed by atoms with Gasteiger partial charge in [0.15, 0.2) is 0 Å². The summed E-state index contributed by atoms with van der Waals surface area (Å²) < 4.78 is 5.79. The molecule has 0 radical (unpaired) electrons. The average Bonchev–Trinajstić information content (AvgIpc) is 2.60. The van der Waals surface area contributed by atoms with Crippen LogP contribution in [0.3, 0.4) is 0 Å². The highest BCUT2D eigenvalue weighted by Crippen LogP contribution is 2.29. The number of ether oxygens (including phenoxy) is 1. The number of hydrogen-bond acceptors (Lipinski definition) is 3. The van der Waals surface area contributed by atoms with Crippen molar-refractivity contribution in [3.8, 4) is 11.5 Å². The highest BCUT2D eigenvalue weighted by atomic mass is 35.5. The minimum Gasteiger partial charge on any atom is -0.457 e. The zero-order chi connectivity index (χ0) is 16.8. The van der Waals surface area contributed by atoms with Crippen LogP contribution in [0.1, 0.15) is 5.56 Å². The largest absolute Gasteiger partial charge is 0.457 e. The summed E-state index contributed by atoms with van der Waals surface area (Å²) in [5, 5.41) is 5.17. The highest BCUT2D eigenvalue weighted by Gasteiger charge is 2.02. The fraction of sp³-hybridized carbons (Fsp3) is 0. The average molecular weight is 357 g/mol. The van der Waals surface area contributed by atoms with Crippen LogP contribution in [0.2, 0.25) is 10.0 Å². The lowest BCUT2D eigenvalue weighted by atomic mass is 10.2. The van der Waals surface area contributed by atoms with Crippen LogP contribution in [0, 0.1) is 0 Å². The molecule has 0 aliphatic rings. The summed E-state index contributed by atoms with van der Waals surface area (Å²) in [5.41, 5.74) is 4.81. The third-order valence-corrected chi connectivity index (χ3v) is 3.90. The number of hydrazone groups is 1. The van der Waals surface area contributed by atoms with Gasteiger partial charge in [-0.15, -0.1) is 0 Å². The van der Waals surface area contributed by atoms with E-state index in [2.05, 4.69) is 10.5 Å². The van der Waals surface area contributed by atoms with Gasteiger partial charge in [-0.05, 0) is 42.0 Å². The molecular formula is C19H14Cl2N2O. The molecule has 3 nitrogen and oxygen atoms in total. The normalized spacial score (nSPS) is 10.8. The molecule has 0 heterocycles. The maximum absolute atomic E-state index is 6.00. The van der Waals surface area contributed by atoms with Crippen molar-refractivity contribution < 1.29 is 4.74 Å². The topological polar surface area (TPSA) is 33.6 Å². The fourth-order valence-corrected chi connectivity index (χ4v) is 2.32. The van der Waals surface area contributed by atoms with Crippen LogP contribution in [-0.4, -0.2) is 6.21 Å². The molecule has 0 aliphatic heterocycles. The Morgan fingerprint density at radius 2 is 1.58 bits per heavy atom. The standard InChI is InChI=1S/C19H14Cl2N2O/c20-18-10-9-17(12-19(18)21)24-16-8-4-5-14(11-16)13-22-23-15-6-2-1-3-7-15/h1-13,23H. The number of benzene rings is 3. The monoisotopic (exact) mass is 356 g/mol. The van der Waals surface area contributed by atoms with Gasteiger partial charge in [0.2, 0.25) is 0 Å². The van der Waals surface area contributed by atoms with E-state index < -0.39 is 0 Å². The summed E-state index contributed by atoms with van der Waals surface area (Å²) in [4.78, 5) is 0. The van der Waals surface area contributed by atoms with Crippen LogP contribution in [0.5, 0.6) is 11.5 Å². The first-order valence-corrected chi connectivity index (χ1v) is 8.03. The van der Waals surface area contributed by atoms with Crippen LogP contribution < -0.4 is 10.2 Å². The smallest absolute Gasteiger partial charge is 0.129 e. The van der Waals surface area contributed by atoms with E-state index in [1.165, 1.54) is 0 Å².